The molecule has 1 amide bonds. The number of thiophene rings is 1. The second-order valence-electron chi connectivity index (χ2n) is 5.31. The number of benzene rings is 1. The van der Waals surface area contributed by atoms with Gasteiger partial charge in [0.15, 0.2) is 5.82 Å². The number of carbonyl (C=O) groups excluding carboxylic acids is 1. The molecule has 3 rings (SSSR count). The summed E-state index contributed by atoms with van der Waals surface area (Å²) in [7, 11) is 0. The fourth-order valence-corrected chi connectivity index (χ4v) is 3.09. The van der Waals surface area contributed by atoms with E-state index in [1.807, 2.05) is 24.3 Å². The van der Waals surface area contributed by atoms with E-state index < -0.39 is 0 Å². The van der Waals surface area contributed by atoms with Crippen molar-refractivity contribution in [1.82, 2.24) is 15.5 Å². The van der Waals surface area contributed by atoms with Crippen LogP contribution in [0.25, 0.3) is 16.5 Å². The van der Waals surface area contributed by atoms with Gasteiger partial charge in [0, 0.05) is 15.8 Å². The molecule has 1 unspecified atom stereocenters. The van der Waals surface area contributed by atoms with Crippen molar-refractivity contribution in [2.75, 3.05) is 0 Å². The zero-order chi connectivity index (χ0) is 16.9. The minimum atomic E-state index is -0.327. The highest BCUT2D eigenvalue weighted by molar-refractivity contribution is 7.16. The largest absolute Gasteiger partial charge is 0.341 e. The van der Waals surface area contributed by atoms with Crippen LogP contribution in [0.3, 0.4) is 0 Å². The molecule has 5 nitrogen and oxygen atoms in total. The summed E-state index contributed by atoms with van der Waals surface area (Å²) in [5.74, 6) is 0.749. The van der Waals surface area contributed by atoms with Crippen molar-refractivity contribution in [2.24, 2.45) is 0 Å². The van der Waals surface area contributed by atoms with Crippen LogP contribution >= 0.6 is 11.3 Å². The third-order valence-electron chi connectivity index (χ3n) is 3.36. The van der Waals surface area contributed by atoms with Gasteiger partial charge in [0.05, 0.1) is 0 Å². The van der Waals surface area contributed by atoms with Crippen molar-refractivity contribution in [2.45, 2.75) is 19.9 Å². The van der Waals surface area contributed by atoms with Crippen molar-refractivity contribution in [3.63, 3.8) is 0 Å². The van der Waals surface area contributed by atoms with Gasteiger partial charge in [0.25, 0.3) is 0 Å². The molecule has 24 heavy (non-hydrogen) atoms. The number of aryl methyl sites for hydroxylation is 1. The molecule has 3 aromatic rings. The van der Waals surface area contributed by atoms with E-state index >= 15 is 0 Å². The van der Waals surface area contributed by atoms with Gasteiger partial charge in [-0.05, 0) is 37.6 Å². The third kappa shape index (κ3) is 3.97. The molecule has 0 aliphatic rings. The molecule has 0 saturated carbocycles. The van der Waals surface area contributed by atoms with Crippen molar-refractivity contribution >= 4 is 23.3 Å². The van der Waals surface area contributed by atoms with Gasteiger partial charge in [-0.2, -0.15) is 4.98 Å². The van der Waals surface area contributed by atoms with E-state index in [1.165, 1.54) is 16.5 Å². The minimum absolute atomic E-state index is 0.201. The highest BCUT2D eigenvalue weighted by Crippen LogP contribution is 2.28. The molecule has 0 aliphatic heterocycles. The fraction of sp³-hybridized carbons (Fsp3) is 0.167. The molecule has 0 saturated heterocycles. The zero-order valence-corrected chi connectivity index (χ0v) is 14.2. The molecular formula is C18H17N3O2S. The van der Waals surface area contributed by atoms with E-state index in [0.29, 0.717) is 11.7 Å². The second-order valence-corrected chi connectivity index (χ2v) is 6.43. The predicted octanol–water partition coefficient (Wildman–Crippen LogP) is 4.00. The monoisotopic (exact) mass is 339 g/mol. The quantitative estimate of drug-likeness (QED) is 0.714. The van der Waals surface area contributed by atoms with E-state index in [1.54, 1.807) is 31.3 Å². The van der Waals surface area contributed by atoms with Crippen molar-refractivity contribution in [3.05, 3.63) is 65.1 Å². The van der Waals surface area contributed by atoms with Crippen LogP contribution in [0.15, 0.2) is 53.1 Å². The third-order valence-corrected chi connectivity index (χ3v) is 4.46. The first-order valence-electron chi connectivity index (χ1n) is 7.56. The van der Waals surface area contributed by atoms with Gasteiger partial charge >= 0.3 is 0 Å². The van der Waals surface area contributed by atoms with E-state index in [4.69, 9.17) is 4.52 Å². The maximum absolute atomic E-state index is 12.0. The van der Waals surface area contributed by atoms with Crippen LogP contribution in [0.2, 0.25) is 0 Å². The van der Waals surface area contributed by atoms with E-state index in [-0.39, 0.29) is 11.9 Å². The number of hydrogen-bond donors (Lipinski definition) is 1. The van der Waals surface area contributed by atoms with Crippen LogP contribution in [0.5, 0.6) is 0 Å². The Morgan fingerprint density at radius 1 is 1.25 bits per heavy atom. The smallest absolute Gasteiger partial charge is 0.248 e. The van der Waals surface area contributed by atoms with Gasteiger partial charge in [-0.1, -0.05) is 35.5 Å². The summed E-state index contributed by atoms with van der Waals surface area (Å²) in [6.45, 7) is 3.54. The Labute approximate surface area is 144 Å². The maximum atomic E-state index is 12.0. The number of aromatic nitrogens is 2. The first-order valence-corrected chi connectivity index (χ1v) is 8.37. The molecule has 6 heteroatoms. The van der Waals surface area contributed by atoms with E-state index in [0.717, 1.165) is 4.88 Å². The summed E-state index contributed by atoms with van der Waals surface area (Å²) in [4.78, 5) is 18.3. The summed E-state index contributed by atoms with van der Waals surface area (Å²) in [5.41, 5.74) is 1.17. The van der Waals surface area contributed by atoms with Crippen molar-refractivity contribution < 1.29 is 9.32 Å². The Balaban J connectivity index is 1.61. The molecule has 2 aromatic heterocycles. The van der Waals surface area contributed by atoms with Crippen molar-refractivity contribution in [1.29, 1.82) is 0 Å². The first-order chi connectivity index (χ1) is 11.6. The summed E-state index contributed by atoms with van der Waals surface area (Å²) in [5, 5.41) is 6.52. The summed E-state index contributed by atoms with van der Waals surface area (Å²) in [6, 6.07) is 13.9. The van der Waals surface area contributed by atoms with Gasteiger partial charge in [-0.15, -0.1) is 11.3 Å². The van der Waals surface area contributed by atoms with E-state index in [9.17, 15) is 4.79 Å². The number of carbonyl (C=O) groups is 1. The summed E-state index contributed by atoms with van der Waals surface area (Å²) >= 11 is 1.64. The van der Waals surface area contributed by atoms with Crippen LogP contribution in [-0.2, 0) is 4.79 Å². The summed E-state index contributed by atoms with van der Waals surface area (Å²) < 4.78 is 5.04. The second kappa shape index (κ2) is 7.23. The number of nitrogens with zero attached hydrogens (tertiary/aromatic N) is 2. The van der Waals surface area contributed by atoms with Gasteiger partial charge in [-0.25, -0.2) is 0 Å². The van der Waals surface area contributed by atoms with Gasteiger partial charge in [-0.3, -0.25) is 4.79 Å². The first kappa shape index (κ1) is 16.1. The topological polar surface area (TPSA) is 68.0 Å². The number of amides is 1. The molecule has 0 fully saturated rings. The molecule has 1 aromatic carbocycles. The average Bonchev–Trinajstić information content (AvgIpc) is 3.23. The zero-order valence-electron chi connectivity index (χ0n) is 13.4. The molecule has 0 spiro atoms. The molecular weight excluding hydrogens is 322 g/mol. The molecule has 1 atom stereocenters. The SMILES string of the molecule is Cc1noc(C(C)NC(=O)C=Cc2ccc(-c3ccccc3)s2)n1. The molecule has 122 valence electrons. The lowest BCUT2D eigenvalue weighted by Crippen LogP contribution is -2.24. The highest BCUT2D eigenvalue weighted by Gasteiger charge is 2.14. The molecule has 0 bridgehead atoms. The van der Waals surface area contributed by atoms with Crippen LogP contribution in [0, 0.1) is 6.92 Å². The molecule has 2 heterocycles. The van der Waals surface area contributed by atoms with Crippen molar-refractivity contribution in [3.8, 4) is 10.4 Å². The molecule has 0 aliphatic carbocycles. The predicted molar refractivity (Wildman–Crippen MR) is 94.4 cm³/mol. The maximum Gasteiger partial charge on any atom is 0.248 e. The van der Waals surface area contributed by atoms with Crippen LogP contribution in [0.1, 0.15) is 29.6 Å². The van der Waals surface area contributed by atoms with Gasteiger partial charge in [0.2, 0.25) is 11.8 Å². The number of hydrogen-bond acceptors (Lipinski definition) is 5. The standard InChI is InChI=1S/C18H17N3O2S/c1-12(18-20-13(2)21-23-18)19-17(22)11-9-15-8-10-16(24-15)14-6-4-3-5-7-14/h3-12H,1-2H3,(H,19,22). The van der Waals surface area contributed by atoms with Gasteiger partial charge in [0.1, 0.15) is 6.04 Å². The lowest BCUT2D eigenvalue weighted by Gasteiger charge is -2.06. The lowest BCUT2D eigenvalue weighted by molar-refractivity contribution is -0.117. The summed E-state index contributed by atoms with van der Waals surface area (Å²) in [6.07, 6.45) is 3.32. The molecule has 1 N–H and O–H groups in total. The number of rotatable bonds is 5. The molecule has 0 radical (unpaired) electrons. The minimum Gasteiger partial charge on any atom is -0.341 e. The Bertz CT molecular complexity index is 852. The Hall–Kier alpha value is -2.73. The lowest BCUT2D eigenvalue weighted by atomic mass is 10.2. The van der Waals surface area contributed by atoms with Crippen LogP contribution in [-0.4, -0.2) is 16.0 Å². The Morgan fingerprint density at radius 2 is 2.04 bits per heavy atom. The average molecular weight is 339 g/mol. The fourth-order valence-electron chi connectivity index (χ4n) is 2.17. The Morgan fingerprint density at radius 3 is 2.75 bits per heavy atom. The number of nitrogens with one attached hydrogen (secondary N) is 1. The highest BCUT2D eigenvalue weighted by atomic mass is 32.1. The van der Waals surface area contributed by atoms with Crippen LogP contribution in [0.4, 0.5) is 0 Å². The van der Waals surface area contributed by atoms with Crippen LogP contribution < -0.4 is 5.32 Å². The normalized spacial score (nSPS) is 12.4. The Kier molecular flexibility index (Phi) is 4.86. The van der Waals surface area contributed by atoms with E-state index in [2.05, 4.69) is 33.7 Å². The van der Waals surface area contributed by atoms with Gasteiger partial charge < -0.3 is 9.84 Å².